The molecule has 0 aromatic heterocycles. The number of nitrogens with zero attached hydrogens (tertiary/aromatic N) is 3. The minimum absolute atomic E-state index is 0.0593. The number of ether oxygens (including phenoxy) is 1. The molecule has 1 aliphatic heterocycles. The number of carbonyl (C=O) groups is 3. The Bertz CT molecular complexity index is 1110. The molecular weight excluding hydrogens is 454 g/mol. The van der Waals surface area contributed by atoms with Gasteiger partial charge in [-0.15, -0.1) is 4.41 Å². The van der Waals surface area contributed by atoms with E-state index >= 15 is 0 Å². The van der Waals surface area contributed by atoms with Gasteiger partial charge in [-0.1, -0.05) is 12.1 Å². The normalized spacial score (nSPS) is 15.5. The van der Waals surface area contributed by atoms with Gasteiger partial charge in [0, 0.05) is 12.8 Å². The summed E-state index contributed by atoms with van der Waals surface area (Å²) in [5, 5.41) is 9.62. The van der Waals surface area contributed by atoms with E-state index in [0.29, 0.717) is 5.01 Å². The van der Waals surface area contributed by atoms with Crippen LogP contribution in [-0.2, 0) is 29.4 Å². The van der Waals surface area contributed by atoms with Crippen LogP contribution in [0.1, 0.15) is 20.8 Å². The molecule has 172 valence electrons. The summed E-state index contributed by atoms with van der Waals surface area (Å²) in [5.74, 6) is -1.00. The van der Waals surface area contributed by atoms with Gasteiger partial charge in [-0.2, -0.15) is 8.42 Å². The average Bonchev–Trinajstić information content (AvgIpc) is 2.60. The van der Waals surface area contributed by atoms with Crippen LogP contribution in [0.15, 0.2) is 34.1 Å². The maximum atomic E-state index is 13.4. The Morgan fingerprint density at radius 3 is 2.06 bits per heavy atom. The molecule has 0 aliphatic carbocycles. The minimum atomic E-state index is -4.94. The van der Waals surface area contributed by atoms with Crippen LogP contribution in [0.25, 0.3) is 0 Å². The molecule has 1 heterocycles. The second-order valence-electron chi connectivity index (χ2n) is 7.67. The Hall–Kier alpha value is -2.87. The molecule has 1 aromatic rings. The maximum Gasteiger partial charge on any atom is 0.444 e. The van der Waals surface area contributed by atoms with Gasteiger partial charge in [0.2, 0.25) is 0 Å². The highest BCUT2D eigenvalue weighted by molar-refractivity contribution is 7.93. The van der Waals surface area contributed by atoms with Crippen molar-refractivity contribution >= 4 is 38.0 Å². The van der Waals surface area contributed by atoms with Crippen molar-refractivity contribution < 1.29 is 41.1 Å². The smallest absolute Gasteiger partial charge is 0.444 e. The van der Waals surface area contributed by atoms with Gasteiger partial charge >= 0.3 is 12.2 Å². The van der Waals surface area contributed by atoms with Gasteiger partial charge in [-0.25, -0.2) is 23.0 Å². The lowest BCUT2D eigenvalue weighted by Crippen LogP contribution is -2.61. The van der Waals surface area contributed by atoms with Crippen molar-refractivity contribution in [3.8, 4) is 0 Å². The molecule has 0 unspecified atom stereocenters. The SMILES string of the molecule is CC(C)(C)OC(=O)N(N1CCN(C(=O)O)CC1=O)S(=O)(=O)c1ccccc1S(C)(=O)=O. The number of hydrogen-bond donors (Lipinski definition) is 1. The second-order valence-corrected chi connectivity index (χ2v) is 11.4. The summed E-state index contributed by atoms with van der Waals surface area (Å²) in [6.07, 6.45) is -2.02. The first-order chi connectivity index (χ1) is 14.1. The summed E-state index contributed by atoms with van der Waals surface area (Å²) in [5.41, 5.74) is -1.15. The van der Waals surface area contributed by atoms with Gasteiger partial charge in [-0.05, 0) is 32.9 Å². The van der Waals surface area contributed by atoms with Crippen LogP contribution in [0.5, 0.6) is 0 Å². The summed E-state index contributed by atoms with van der Waals surface area (Å²) < 4.78 is 56.3. The van der Waals surface area contributed by atoms with Gasteiger partial charge in [0.25, 0.3) is 15.9 Å². The van der Waals surface area contributed by atoms with Crippen molar-refractivity contribution in [2.75, 3.05) is 25.9 Å². The van der Waals surface area contributed by atoms with E-state index in [-0.39, 0.29) is 11.0 Å². The van der Waals surface area contributed by atoms with Gasteiger partial charge in [-0.3, -0.25) is 9.69 Å². The van der Waals surface area contributed by atoms with Crippen LogP contribution in [0, 0.1) is 0 Å². The van der Waals surface area contributed by atoms with Gasteiger partial charge in [0.05, 0.1) is 11.4 Å². The van der Waals surface area contributed by atoms with E-state index in [4.69, 9.17) is 9.84 Å². The first kappa shape index (κ1) is 24.4. The molecule has 0 radical (unpaired) electrons. The van der Waals surface area contributed by atoms with Crippen LogP contribution < -0.4 is 0 Å². The van der Waals surface area contributed by atoms with Crippen molar-refractivity contribution in [3.05, 3.63) is 24.3 Å². The fraction of sp³-hybridized carbons (Fsp3) is 0.471. The van der Waals surface area contributed by atoms with Crippen LogP contribution in [-0.4, -0.2) is 85.8 Å². The Labute approximate surface area is 179 Å². The van der Waals surface area contributed by atoms with Crippen molar-refractivity contribution in [3.63, 3.8) is 0 Å². The van der Waals surface area contributed by atoms with Crippen molar-refractivity contribution in [1.82, 2.24) is 14.3 Å². The maximum absolute atomic E-state index is 13.4. The fourth-order valence-corrected chi connectivity index (χ4v) is 5.66. The zero-order valence-corrected chi connectivity index (χ0v) is 18.9. The van der Waals surface area contributed by atoms with Crippen LogP contribution in [0.4, 0.5) is 9.59 Å². The zero-order chi connectivity index (χ0) is 23.8. The molecule has 1 aliphatic rings. The van der Waals surface area contributed by atoms with E-state index in [2.05, 4.69) is 0 Å². The van der Waals surface area contributed by atoms with E-state index in [1.54, 1.807) is 0 Å². The summed E-state index contributed by atoms with van der Waals surface area (Å²) in [4.78, 5) is 36.0. The minimum Gasteiger partial charge on any atom is -0.465 e. The molecule has 1 fully saturated rings. The molecule has 1 aromatic carbocycles. The third-order valence-corrected chi connectivity index (χ3v) is 6.99. The molecule has 14 heteroatoms. The lowest BCUT2D eigenvalue weighted by atomic mass is 10.2. The molecule has 12 nitrogen and oxygen atoms in total. The quantitative estimate of drug-likeness (QED) is 0.660. The number of hydrogen-bond acceptors (Lipinski definition) is 8. The molecule has 0 atom stereocenters. The third kappa shape index (κ3) is 5.44. The molecule has 2 rings (SSSR count). The largest absolute Gasteiger partial charge is 0.465 e. The number of sulfonamides is 1. The lowest BCUT2D eigenvalue weighted by Gasteiger charge is -2.39. The predicted molar refractivity (Wildman–Crippen MR) is 106 cm³/mol. The van der Waals surface area contributed by atoms with Gasteiger partial charge in [0.1, 0.15) is 17.0 Å². The fourth-order valence-electron chi connectivity index (χ4n) is 2.71. The van der Waals surface area contributed by atoms with Crippen molar-refractivity contribution in [2.45, 2.75) is 36.2 Å². The molecule has 0 saturated carbocycles. The van der Waals surface area contributed by atoms with E-state index in [0.717, 1.165) is 23.3 Å². The number of hydrazine groups is 1. The molecule has 0 spiro atoms. The summed E-state index contributed by atoms with van der Waals surface area (Å²) in [7, 11) is -8.96. The van der Waals surface area contributed by atoms with Gasteiger partial charge < -0.3 is 9.84 Å². The lowest BCUT2D eigenvalue weighted by molar-refractivity contribution is -0.146. The summed E-state index contributed by atoms with van der Waals surface area (Å²) in [6, 6.07) is 4.61. The monoisotopic (exact) mass is 477 g/mol. The number of carboxylic acid groups (broad SMARTS) is 1. The standard InChI is InChI=1S/C17H23N3O9S2/c1-17(2,3)29-16(24)20(19-10-9-18(15(22)23)11-14(19)21)31(27,28)13-8-6-5-7-12(13)30(4,25)26/h5-8H,9-11H2,1-4H3,(H,22,23). The average molecular weight is 478 g/mol. The molecule has 3 amide bonds. The van der Waals surface area contributed by atoms with Crippen LogP contribution in [0.3, 0.4) is 0 Å². The summed E-state index contributed by atoms with van der Waals surface area (Å²) >= 11 is 0. The van der Waals surface area contributed by atoms with E-state index in [9.17, 15) is 31.2 Å². The third-order valence-electron chi connectivity index (χ3n) is 3.99. The van der Waals surface area contributed by atoms with E-state index < -0.39 is 66.4 Å². The zero-order valence-electron chi connectivity index (χ0n) is 17.3. The first-order valence-corrected chi connectivity index (χ1v) is 12.2. The highest BCUT2D eigenvalue weighted by Crippen LogP contribution is 2.27. The Balaban J connectivity index is 2.63. The summed E-state index contributed by atoms with van der Waals surface area (Å²) in [6.45, 7) is 2.99. The molecule has 31 heavy (non-hydrogen) atoms. The molecular formula is C17H23N3O9S2. The van der Waals surface area contributed by atoms with E-state index in [1.165, 1.54) is 32.9 Å². The Morgan fingerprint density at radius 2 is 1.61 bits per heavy atom. The second kappa shape index (κ2) is 8.34. The number of carbonyl (C=O) groups excluding carboxylic acids is 2. The van der Waals surface area contributed by atoms with Crippen molar-refractivity contribution in [2.24, 2.45) is 0 Å². The number of benzene rings is 1. The Kier molecular flexibility index (Phi) is 6.56. The molecule has 1 N–H and O–H groups in total. The number of rotatable bonds is 4. The highest BCUT2D eigenvalue weighted by Gasteiger charge is 2.44. The van der Waals surface area contributed by atoms with Crippen LogP contribution in [0.2, 0.25) is 0 Å². The van der Waals surface area contributed by atoms with Crippen LogP contribution >= 0.6 is 0 Å². The van der Waals surface area contributed by atoms with E-state index in [1.807, 2.05) is 0 Å². The number of piperazine rings is 1. The predicted octanol–water partition coefficient (Wildman–Crippen LogP) is 0.753. The number of sulfone groups is 1. The molecule has 0 bridgehead atoms. The highest BCUT2D eigenvalue weighted by atomic mass is 32.2. The Morgan fingerprint density at radius 1 is 1.06 bits per heavy atom. The molecule has 1 saturated heterocycles. The van der Waals surface area contributed by atoms with Gasteiger partial charge in [0.15, 0.2) is 9.84 Å². The van der Waals surface area contributed by atoms with Crippen molar-refractivity contribution in [1.29, 1.82) is 0 Å². The topological polar surface area (TPSA) is 159 Å². The number of amides is 3. The first-order valence-electron chi connectivity index (χ1n) is 8.91.